The summed E-state index contributed by atoms with van der Waals surface area (Å²) in [6, 6.07) is -0.806. The number of carbonyl (C=O) groups excluding carboxylic acids is 2. The van der Waals surface area contributed by atoms with Gasteiger partial charge in [-0.1, -0.05) is 320 Å². The Labute approximate surface area is 543 Å². The molecule has 1 saturated heterocycles. The molecule has 0 aromatic heterocycles. The Kier molecular flexibility index (Phi) is 63.2. The molecule has 1 fully saturated rings. The summed E-state index contributed by atoms with van der Waals surface area (Å²) in [4.78, 5) is 25.1. The van der Waals surface area contributed by atoms with Gasteiger partial charge in [0.05, 0.1) is 32.0 Å². The number of ether oxygens (including phenoxy) is 3. The molecule has 1 aliphatic heterocycles. The fourth-order valence-electron chi connectivity index (χ4n) is 12.2. The van der Waals surface area contributed by atoms with Crippen LogP contribution in [0.15, 0.2) is 36.5 Å². The van der Waals surface area contributed by atoms with Gasteiger partial charge in [-0.25, -0.2) is 0 Å². The summed E-state index contributed by atoms with van der Waals surface area (Å²) in [5, 5.41) is 54.3. The number of hydrogen-bond acceptors (Lipinski definition) is 10. The molecule has 7 unspecified atom stereocenters. The quantitative estimate of drug-likeness (QED) is 0.0195. The fraction of sp³-hybridized carbons (Fsp3) is 0.896. The van der Waals surface area contributed by atoms with Crippen LogP contribution in [0.4, 0.5) is 0 Å². The van der Waals surface area contributed by atoms with Crippen molar-refractivity contribution in [2.75, 3.05) is 19.8 Å². The molecule has 1 heterocycles. The number of amides is 1. The van der Waals surface area contributed by atoms with Crippen LogP contribution in [0, 0.1) is 0 Å². The molecule has 1 aliphatic rings. The third-order valence-electron chi connectivity index (χ3n) is 18.2. The summed E-state index contributed by atoms with van der Waals surface area (Å²) >= 11 is 0. The predicted molar refractivity (Wildman–Crippen MR) is 371 cm³/mol. The van der Waals surface area contributed by atoms with Gasteiger partial charge in [-0.05, 0) is 83.5 Å². The minimum absolute atomic E-state index is 0.00658. The third kappa shape index (κ3) is 54.4. The third-order valence-corrected chi connectivity index (χ3v) is 18.2. The second kappa shape index (κ2) is 66.3. The van der Waals surface area contributed by atoms with Crippen LogP contribution in [-0.2, 0) is 23.8 Å². The van der Waals surface area contributed by atoms with Crippen molar-refractivity contribution >= 4 is 11.9 Å². The molecule has 1 rings (SSSR count). The van der Waals surface area contributed by atoms with E-state index < -0.39 is 49.5 Å². The van der Waals surface area contributed by atoms with Crippen LogP contribution in [0.3, 0.4) is 0 Å². The van der Waals surface area contributed by atoms with E-state index in [1.165, 1.54) is 295 Å². The number of hydrogen-bond donors (Lipinski definition) is 6. The maximum atomic E-state index is 13.0. The van der Waals surface area contributed by atoms with Gasteiger partial charge in [0.15, 0.2) is 6.29 Å². The number of carbonyl (C=O) groups is 2. The summed E-state index contributed by atoms with van der Waals surface area (Å²) in [5.74, 6) is -0.172. The zero-order valence-corrected chi connectivity index (χ0v) is 57.7. The van der Waals surface area contributed by atoms with Crippen molar-refractivity contribution < 1.29 is 49.3 Å². The van der Waals surface area contributed by atoms with Crippen LogP contribution in [0.25, 0.3) is 0 Å². The average Bonchev–Trinajstić information content (AvgIpc) is 3.40. The number of rotatable bonds is 68. The van der Waals surface area contributed by atoms with E-state index >= 15 is 0 Å². The fourth-order valence-corrected chi connectivity index (χ4v) is 12.2. The highest BCUT2D eigenvalue weighted by Crippen LogP contribution is 2.24. The van der Waals surface area contributed by atoms with E-state index in [1.54, 1.807) is 6.08 Å². The second-order valence-electron chi connectivity index (χ2n) is 26.7. The maximum Gasteiger partial charge on any atom is 0.305 e. The SMILES string of the molecule is CCCCCCCCC/C=C\CCCCCCCC(=O)OCCCCCCCCCCCCCCCC/C=C\CCCCCCCCCCCCCCCCCCCC(=O)NC(COC1OC(CO)C(O)C(O)C1O)C(O)/C=C/CCCCCCCCC. The van der Waals surface area contributed by atoms with Crippen molar-refractivity contribution in [2.24, 2.45) is 0 Å². The lowest BCUT2D eigenvalue weighted by Gasteiger charge is -2.40. The number of esters is 1. The molecular weight excluding hydrogens is 1100 g/mol. The zero-order valence-electron chi connectivity index (χ0n) is 57.7. The van der Waals surface area contributed by atoms with Crippen LogP contribution in [0.5, 0.6) is 0 Å². The molecule has 0 aliphatic carbocycles. The highest BCUT2D eigenvalue weighted by Gasteiger charge is 2.44. The minimum Gasteiger partial charge on any atom is -0.466 e. The summed E-state index contributed by atoms with van der Waals surface area (Å²) in [6.07, 6.45) is 76.1. The number of aliphatic hydroxyl groups is 5. The Bertz CT molecular complexity index is 1560. The molecule has 1 amide bonds. The number of unbranched alkanes of at least 4 members (excludes halogenated alkanes) is 50. The molecular formula is C77H145NO10. The molecule has 518 valence electrons. The van der Waals surface area contributed by atoms with Crippen molar-refractivity contribution in [3.63, 3.8) is 0 Å². The van der Waals surface area contributed by atoms with E-state index in [0.29, 0.717) is 19.4 Å². The second-order valence-corrected chi connectivity index (χ2v) is 26.7. The van der Waals surface area contributed by atoms with Crippen LogP contribution >= 0.6 is 0 Å². The van der Waals surface area contributed by atoms with Gasteiger partial charge in [0, 0.05) is 12.8 Å². The van der Waals surface area contributed by atoms with Gasteiger partial charge in [-0.2, -0.15) is 0 Å². The van der Waals surface area contributed by atoms with Crippen molar-refractivity contribution in [1.29, 1.82) is 0 Å². The molecule has 0 spiro atoms. The highest BCUT2D eigenvalue weighted by atomic mass is 16.7. The normalized spacial score (nSPS) is 17.9. The first kappa shape index (κ1) is 83.9. The summed E-state index contributed by atoms with van der Waals surface area (Å²) in [7, 11) is 0. The Morgan fingerprint density at radius 3 is 1.09 bits per heavy atom. The molecule has 0 radical (unpaired) electrons. The lowest BCUT2D eigenvalue weighted by molar-refractivity contribution is -0.302. The van der Waals surface area contributed by atoms with Gasteiger partial charge in [-0.15, -0.1) is 0 Å². The summed E-state index contributed by atoms with van der Waals surface area (Å²) in [5.41, 5.74) is 0. The first-order valence-corrected chi connectivity index (χ1v) is 38.3. The van der Waals surface area contributed by atoms with E-state index in [1.807, 2.05) is 6.08 Å². The molecule has 7 atom stereocenters. The van der Waals surface area contributed by atoms with Crippen LogP contribution in [0.2, 0.25) is 0 Å². The first-order valence-electron chi connectivity index (χ1n) is 38.3. The predicted octanol–water partition coefficient (Wildman–Crippen LogP) is 20.1. The van der Waals surface area contributed by atoms with Gasteiger partial charge in [-0.3, -0.25) is 9.59 Å². The van der Waals surface area contributed by atoms with Crippen molar-refractivity contribution in [3.05, 3.63) is 36.5 Å². The van der Waals surface area contributed by atoms with Crippen LogP contribution in [-0.4, -0.2) is 100 Å². The molecule has 0 bridgehead atoms. The molecule has 0 aromatic carbocycles. The maximum absolute atomic E-state index is 13.0. The molecule has 11 heteroatoms. The van der Waals surface area contributed by atoms with Gasteiger partial charge in [0.25, 0.3) is 0 Å². The highest BCUT2D eigenvalue weighted by molar-refractivity contribution is 5.76. The summed E-state index contributed by atoms with van der Waals surface area (Å²) in [6.45, 7) is 4.35. The molecule has 88 heavy (non-hydrogen) atoms. The Morgan fingerprint density at radius 1 is 0.409 bits per heavy atom. The minimum atomic E-state index is -1.57. The van der Waals surface area contributed by atoms with Crippen molar-refractivity contribution in [3.8, 4) is 0 Å². The molecule has 0 aromatic rings. The monoisotopic (exact) mass is 1240 g/mol. The number of nitrogens with one attached hydrogen (secondary N) is 1. The molecule has 11 nitrogen and oxygen atoms in total. The van der Waals surface area contributed by atoms with E-state index in [9.17, 15) is 35.1 Å². The Balaban J connectivity index is 1.87. The van der Waals surface area contributed by atoms with Gasteiger partial charge >= 0.3 is 5.97 Å². The lowest BCUT2D eigenvalue weighted by Crippen LogP contribution is -2.60. The lowest BCUT2D eigenvalue weighted by atomic mass is 9.99. The van der Waals surface area contributed by atoms with E-state index in [4.69, 9.17) is 14.2 Å². The van der Waals surface area contributed by atoms with Crippen molar-refractivity contribution in [1.82, 2.24) is 5.32 Å². The topological polar surface area (TPSA) is 175 Å². The van der Waals surface area contributed by atoms with Crippen molar-refractivity contribution in [2.45, 2.75) is 423 Å². The molecule has 0 saturated carbocycles. The van der Waals surface area contributed by atoms with Crippen LogP contribution < -0.4 is 5.32 Å². The smallest absolute Gasteiger partial charge is 0.305 e. The Hall–Kier alpha value is -2.12. The van der Waals surface area contributed by atoms with Gasteiger partial charge in [0.2, 0.25) is 5.91 Å². The van der Waals surface area contributed by atoms with E-state index in [2.05, 4.69) is 43.5 Å². The number of aliphatic hydroxyl groups excluding tert-OH is 5. The number of allylic oxidation sites excluding steroid dienone is 5. The standard InChI is InChI=1S/C77H145NO10/c1-3-5-7-9-11-13-14-15-16-39-42-45-49-53-57-61-65-73(82)86-66-62-58-54-50-46-43-40-37-35-33-31-29-27-25-23-21-19-17-18-20-22-24-26-28-30-32-34-36-38-41-44-48-52-56-60-64-72(81)78-69(70(80)63-59-55-51-47-12-10-8-6-4-2)68-87-77-76(85)75(84)74(83)71(67-79)88-77/h16,19,21,39,59,63,69-71,74-77,79-80,83-85H,3-15,17-18,20,22-38,40-58,60-62,64-68H2,1-2H3,(H,78,81)/b21-19-,39-16-,63-59+. The average molecular weight is 1250 g/mol. The first-order chi connectivity index (χ1) is 43.2. The molecule has 6 N–H and O–H groups in total. The van der Waals surface area contributed by atoms with Gasteiger partial charge < -0.3 is 45.1 Å². The van der Waals surface area contributed by atoms with Gasteiger partial charge in [0.1, 0.15) is 24.4 Å². The Morgan fingerprint density at radius 2 is 0.727 bits per heavy atom. The summed E-state index contributed by atoms with van der Waals surface area (Å²) < 4.78 is 16.7. The van der Waals surface area contributed by atoms with Crippen LogP contribution in [0.1, 0.15) is 380 Å². The van der Waals surface area contributed by atoms with E-state index in [0.717, 1.165) is 57.8 Å². The van der Waals surface area contributed by atoms with E-state index in [-0.39, 0.29) is 18.5 Å². The zero-order chi connectivity index (χ0) is 63.7. The largest absolute Gasteiger partial charge is 0.466 e.